The van der Waals surface area contributed by atoms with Gasteiger partial charge in [0.15, 0.2) is 11.7 Å². The molecule has 0 bridgehead atoms. The number of aliphatic imine (C=N–C) groups is 1. The lowest BCUT2D eigenvalue weighted by Gasteiger charge is -2.11. The third kappa shape index (κ3) is 6.77. The number of nitrogens with zero attached hydrogens (tertiary/aromatic N) is 1. The molecule has 2 amide bonds. The van der Waals surface area contributed by atoms with Gasteiger partial charge in [0.05, 0.1) is 0 Å². The molecule has 9 heteroatoms. The predicted molar refractivity (Wildman–Crippen MR) is 101 cm³/mol. The van der Waals surface area contributed by atoms with Crippen LogP contribution in [-0.2, 0) is 11.3 Å². The molecule has 1 aliphatic carbocycles. The first-order valence-corrected chi connectivity index (χ1v) is 7.78. The summed E-state index contributed by atoms with van der Waals surface area (Å²) >= 11 is 0. The highest BCUT2D eigenvalue weighted by Gasteiger charge is 2.28. The molecule has 0 aliphatic heterocycles. The number of hydrogen-bond donors (Lipinski definition) is 4. The summed E-state index contributed by atoms with van der Waals surface area (Å²) in [5.74, 6) is 1.04. The SMILES string of the molecule is CCNC(=NCc1ccc(C(N)=O)o1)NCCNC(=O)C1CC1.I. The standard InChI is InChI=1S/C15H23N5O3.HI/c1-2-17-15(19-8-7-18-14(22)10-3-4-10)20-9-11-5-6-12(23-11)13(16)21;/h5-6,10H,2-4,7-9H2,1H3,(H2,16,21)(H,18,22)(H2,17,19,20);1H. The summed E-state index contributed by atoms with van der Waals surface area (Å²) in [6, 6.07) is 3.20. The molecule has 1 aliphatic rings. The highest BCUT2D eigenvalue weighted by Crippen LogP contribution is 2.28. The first kappa shape index (κ1) is 20.3. The molecule has 1 saturated carbocycles. The molecule has 5 N–H and O–H groups in total. The van der Waals surface area contributed by atoms with Crippen molar-refractivity contribution in [3.05, 3.63) is 23.7 Å². The molecule has 2 rings (SSSR count). The fraction of sp³-hybridized carbons (Fsp3) is 0.533. The van der Waals surface area contributed by atoms with E-state index in [1.807, 2.05) is 6.92 Å². The lowest BCUT2D eigenvalue weighted by Crippen LogP contribution is -2.41. The van der Waals surface area contributed by atoms with Gasteiger partial charge in [0.2, 0.25) is 5.91 Å². The van der Waals surface area contributed by atoms with Gasteiger partial charge in [-0.3, -0.25) is 9.59 Å². The smallest absolute Gasteiger partial charge is 0.284 e. The van der Waals surface area contributed by atoms with E-state index in [1.54, 1.807) is 6.07 Å². The van der Waals surface area contributed by atoms with Gasteiger partial charge in [-0.15, -0.1) is 24.0 Å². The second-order valence-electron chi connectivity index (χ2n) is 5.32. The number of rotatable bonds is 8. The molecule has 0 radical (unpaired) electrons. The number of primary amides is 1. The highest BCUT2D eigenvalue weighted by atomic mass is 127. The summed E-state index contributed by atoms with van der Waals surface area (Å²) in [5, 5.41) is 9.10. The number of carbonyl (C=O) groups excluding carboxylic acids is 2. The molecular weight excluding hydrogens is 425 g/mol. The number of halogens is 1. The fourth-order valence-corrected chi connectivity index (χ4v) is 1.95. The fourth-order valence-electron chi connectivity index (χ4n) is 1.95. The van der Waals surface area contributed by atoms with Gasteiger partial charge in [-0.2, -0.15) is 0 Å². The number of nitrogens with one attached hydrogen (secondary N) is 3. The number of nitrogens with two attached hydrogens (primary N) is 1. The van der Waals surface area contributed by atoms with Gasteiger partial charge < -0.3 is 26.1 Å². The molecule has 0 unspecified atom stereocenters. The third-order valence-electron chi connectivity index (χ3n) is 3.31. The lowest BCUT2D eigenvalue weighted by molar-refractivity contribution is -0.122. The van der Waals surface area contributed by atoms with Crippen molar-refractivity contribution in [1.82, 2.24) is 16.0 Å². The van der Waals surface area contributed by atoms with Crippen molar-refractivity contribution in [3.63, 3.8) is 0 Å². The largest absolute Gasteiger partial charge is 0.454 e. The summed E-state index contributed by atoms with van der Waals surface area (Å²) in [5.41, 5.74) is 5.13. The Labute approximate surface area is 158 Å². The van der Waals surface area contributed by atoms with Crippen LogP contribution in [0.4, 0.5) is 0 Å². The van der Waals surface area contributed by atoms with Crippen LogP contribution in [-0.4, -0.2) is 37.4 Å². The van der Waals surface area contributed by atoms with Crippen molar-refractivity contribution in [2.24, 2.45) is 16.6 Å². The van der Waals surface area contributed by atoms with Crippen molar-refractivity contribution in [2.45, 2.75) is 26.3 Å². The molecule has 0 atom stereocenters. The zero-order valence-corrected chi connectivity index (χ0v) is 16.0. The van der Waals surface area contributed by atoms with Gasteiger partial charge in [0.25, 0.3) is 5.91 Å². The van der Waals surface area contributed by atoms with Crippen LogP contribution >= 0.6 is 24.0 Å². The van der Waals surface area contributed by atoms with Crippen LogP contribution in [0.15, 0.2) is 21.5 Å². The topological polar surface area (TPSA) is 122 Å². The molecule has 1 fully saturated rings. The third-order valence-corrected chi connectivity index (χ3v) is 3.31. The lowest BCUT2D eigenvalue weighted by atomic mass is 10.4. The first-order chi connectivity index (χ1) is 11.1. The number of hydrogen-bond acceptors (Lipinski definition) is 4. The molecule has 0 spiro atoms. The van der Waals surface area contributed by atoms with E-state index >= 15 is 0 Å². The summed E-state index contributed by atoms with van der Waals surface area (Å²) < 4.78 is 5.27. The van der Waals surface area contributed by atoms with Crippen LogP contribution in [0.25, 0.3) is 0 Å². The Kier molecular flexibility index (Phi) is 8.58. The van der Waals surface area contributed by atoms with E-state index in [0.717, 1.165) is 12.8 Å². The van der Waals surface area contributed by atoms with Gasteiger partial charge in [0.1, 0.15) is 12.3 Å². The molecule has 0 aromatic carbocycles. The van der Waals surface area contributed by atoms with Crippen molar-refractivity contribution >= 4 is 41.8 Å². The highest BCUT2D eigenvalue weighted by molar-refractivity contribution is 14.0. The molecule has 134 valence electrons. The van der Waals surface area contributed by atoms with E-state index in [1.165, 1.54) is 6.07 Å². The van der Waals surface area contributed by atoms with Gasteiger partial charge >= 0.3 is 0 Å². The Bertz CT molecular complexity index is 583. The monoisotopic (exact) mass is 449 g/mol. The van der Waals surface area contributed by atoms with E-state index in [0.29, 0.717) is 31.4 Å². The zero-order valence-electron chi connectivity index (χ0n) is 13.6. The van der Waals surface area contributed by atoms with Crippen molar-refractivity contribution < 1.29 is 14.0 Å². The maximum absolute atomic E-state index is 11.5. The van der Waals surface area contributed by atoms with E-state index in [2.05, 4.69) is 20.9 Å². The van der Waals surface area contributed by atoms with E-state index < -0.39 is 5.91 Å². The Morgan fingerprint density at radius 2 is 1.96 bits per heavy atom. The average molecular weight is 449 g/mol. The van der Waals surface area contributed by atoms with Crippen molar-refractivity contribution in [1.29, 1.82) is 0 Å². The minimum atomic E-state index is -0.600. The van der Waals surface area contributed by atoms with Gasteiger partial charge in [-0.05, 0) is 31.9 Å². The van der Waals surface area contributed by atoms with E-state index in [4.69, 9.17) is 10.2 Å². The van der Waals surface area contributed by atoms with Crippen LogP contribution in [0.2, 0.25) is 0 Å². The number of carbonyl (C=O) groups is 2. The second kappa shape index (κ2) is 10.2. The zero-order chi connectivity index (χ0) is 16.7. The normalized spacial score (nSPS) is 13.8. The van der Waals surface area contributed by atoms with Gasteiger partial charge in [-0.1, -0.05) is 0 Å². The van der Waals surface area contributed by atoms with Crippen LogP contribution in [0.1, 0.15) is 36.1 Å². The quantitative estimate of drug-likeness (QED) is 0.200. The number of furan rings is 1. The summed E-state index contributed by atoms with van der Waals surface area (Å²) in [7, 11) is 0. The Morgan fingerprint density at radius 3 is 2.54 bits per heavy atom. The van der Waals surface area contributed by atoms with Gasteiger partial charge in [0, 0.05) is 25.6 Å². The Morgan fingerprint density at radius 1 is 1.25 bits per heavy atom. The number of amides is 2. The minimum Gasteiger partial charge on any atom is -0.454 e. The number of guanidine groups is 1. The Balaban J connectivity index is 0.00000288. The van der Waals surface area contributed by atoms with E-state index in [-0.39, 0.29) is 48.1 Å². The van der Waals surface area contributed by atoms with Crippen molar-refractivity contribution in [3.8, 4) is 0 Å². The molecule has 0 saturated heterocycles. The second-order valence-corrected chi connectivity index (χ2v) is 5.32. The Hall–Kier alpha value is -1.78. The summed E-state index contributed by atoms with van der Waals surface area (Å²) in [6.45, 7) is 4.09. The molecule has 1 aromatic heterocycles. The minimum absolute atomic E-state index is 0. The van der Waals surface area contributed by atoms with Gasteiger partial charge in [-0.25, -0.2) is 4.99 Å². The van der Waals surface area contributed by atoms with Crippen LogP contribution < -0.4 is 21.7 Å². The van der Waals surface area contributed by atoms with Crippen LogP contribution in [0, 0.1) is 5.92 Å². The summed E-state index contributed by atoms with van der Waals surface area (Å²) in [6.07, 6.45) is 2.00. The maximum atomic E-state index is 11.5. The molecule has 1 heterocycles. The first-order valence-electron chi connectivity index (χ1n) is 7.78. The average Bonchev–Trinajstić information content (AvgIpc) is 3.27. The maximum Gasteiger partial charge on any atom is 0.284 e. The van der Waals surface area contributed by atoms with Crippen LogP contribution in [0.5, 0.6) is 0 Å². The predicted octanol–water partition coefficient (Wildman–Crippen LogP) is 0.578. The molecule has 8 nitrogen and oxygen atoms in total. The molecule has 24 heavy (non-hydrogen) atoms. The molecular formula is C15H24IN5O3. The summed E-state index contributed by atoms with van der Waals surface area (Å²) in [4.78, 5) is 26.8. The van der Waals surface area contributed by atoms with Crippen LogP contribution in [0.3, 0.4) is 0 Å². The van der Waals surface area contributed by atoms with E-state index in [9.17, 15) is 9.59 Å². The molecule has 1 aromatic rings. The van der Waals surface area contributed by atoms with Crippen molar-refractivity contribution in [2.75, 3.05) is 19.6 Å².